The summed E-state index contributed by atoms with van der Waals surface area (Å²) >= 11 is 14.2. The fourth-order valence-electron chi connectivity index (χ4n) is 15.7. The minimum atomic E-state index is -3.60. The minimum absolute atomic E-state index is 0.00148. The molecule has 4 unspecified atom stereocenters. The summed E-state index contributed by atoms with van der Waals surface area (Å²) in [7, 11) is 1.89. The highest BCUT2D eigenvalue weighted by atomic mass is 79.9. The summed E-state index contributed by atoms with van der Waals surface area (Å²) in [4.78, 5) is 115. The number of hydrogen-bond acceptors (Lipinski definition) is 30. The van der Waals surface area contributed by atoms with Gasteiger partial charge in [0.1, 0.15) is 23.9 Å². The van der Waals surface area contributed by atoms with Crippen molar-refractivity contribution in [3.8, 4) is 5.69 Å². The molecule has 16 rings (SSSR count). The number of epoxide rings is 1. The summed E-state index contributed by atoms with van der Waals surface area (Å²) in [5.41, 5.74) is 27.5. The van der Waals surface area contributed by atoms with Crippen molar-refractivity contribution >= 4 is 147 Å². The molecule has 0 saturated carbocycles. The van der Waals surface area contributed by atoms with E-state index in [2.05, 4.69) is 143 Å². The molecule has 5 aromatic heterocycles. The Hall–Kier alpha value is -10.8. The molecule has 3 saturated heterocycles. The Bertz CT molecular complexity index is 6120. The lowest BCUT2D eigenvalue weighted by Gasteiger charge is -2.41. The van der Waals surface area contributed by atoms with Gasteiger partial charge in [-0.2, -0.15) is 0 Å². The van der Waals surface area contributed by atoms with Crippen molar-refractivity contribution in [2.75, 3.05) is 101 Å². The normalized spacial score (nSPS) is 17.8. The number of ether oxygens (including phenoxy) is 7. The van der Waals surface area contributed by atoms with Crippen LogP contribution in [0.25, 0.3) is 16.1 Å². The van der Waals surface area contributed by atoms with Gasteiger partial charge in [-0.25, -0.2) is 23.9 Å². The fourth-order valence-corrected chi connectivity index (χ4v) is 19.5. The Labute approximate surface area is 893 Å². The Kier molecular flexibility index (Phi) is 47.8. The van der Waals surface area contributed by atoms with Crippen LogP contribution in [0.15, 0.2) is 230 Å². The number of aromatic nitrogens is 6. The molecule has 9 aromatic rings. The van der Waals surface area contributed by atoms with Gasteiger partial charge in [0.05, 0.1) is 161 Å². The molecular weight excluding hydrogens is 2160 g/mol. The molecule has 147 heavy (non-hydrogen) atoms. The Morgan fingerprint density at radius 2 is 0.912 bits per heavy atom. The molecule has 0 bridgehead atoms. The molecular formula is C107H133Br4N18O17P. The van der Waals surface area contributed by atoms with Gasteiger partial charge in [0, 0.05) is 152 Å². The van der Waals surface area contributed by atoms with Gasteiger partial charge in [0.25, 0.3) is 0 Å². The van der Waals surface area contributed by atoms with Gasteiger partial charge in [-0.15, -0.1) is 0 Å². The lowest BCUT2D eigenvalue weighted by molar-refractivity contribution is -0.141. The molecule has 8 atom stereocenters. The van der Waals surface area contributed by atoms with Gasteiger partial charge in [0.2, 0.25) is 5.90 Å². The maximum absolute atomic E-state index is 14.8. The molecule has 3 fully saturated rings. The third-order valence-electron chi connectivity index (χ3n) is 24.6. The number of esters is 4. The quantitative estimate of drug-likeness (QED) is 0.00618. The number of aliphatic hydroxyl groups excluding tert-OH is 3. The average Bonchev–Trinajstić information content (AvgIpc) is 1.60. The zero-order valence-electron chi connectivity index (χ0n) is 85.5. The molecule has 12 heterocycles. The van der Waals surface area contributed by atoms with E-state index in [1.165, 1.54) is 28.4 Å². The van der Waals surface area contributed by atoms with Crippen LogP contribution < -0.4 is 5.73 Å². The molecule has 40 heteroatoms. The van der Waals surface area contributed by atoms with Crippen molar-refractivity contribution in [2.24, 2.45) is 64.5 Å². The maximum Gasteiger partial charge on any atom is 0.397 e. The molecule has 0 radical (unpaired) electrons. The van der Waals surface area contributed by atoms with Crippen molar-refractivity contribution < 1.29 is 81.5 Å². The first-order valence-corrected chi connectivity index (χ1v) is 53.8. The number of carbonyl (C=O) groups is 5. The van der Waals surface area contributed by atoms with Crippen molar-refractivity contribution in [1.82, 2.24) is 38.8 Å². The molecule has 7 aliphatic rings. The molecule has 0 aliphatic carbocycles. The van der Waals surface area contributed by atoms with Gasteiger partial charge in [-0.05, 0) is 194 Å². The van der Waals surface area contributed by atoms with Crippen molar-refractivity contribution in [1.29, 1.82) is 0 Å². The number of aliphatic hydroxyl groups is 3. The third kappa shape index (κ3) is 35.1. The van der Waals surface area contributed by atoms with Crippen molar-refractivity contribution in [3.63, 3.8) is 0 Å². The number of nitrogens with zero attached hydrogens (tertiary/aromatic N) is 17. The number of morpholine rings is 2. The van der Waals surface area contributed by atoms with E-state index >= 15 is 0 Å². The van der Waals surface area contributed by atoms with E-state index in [0.717, 1.165) is 110 Å². The van der Waals surface area contributed by atoms with Crippen LogP contribution in [-0.2, 0) is 72.6 Å². The molecule has 0 spiro atoms. The first-order valence-electron chi connectivity index (χ1n) is 49.1. The van der Waals surface area contributed by atoms with Crippen molar-refractivity contribution in [2.45, 2.75) is 194 Å². The van der Waals surface area contributed by atoms with E-state index in [1.807, 2.05) is 191 Å². The second kappa shape index (κ2) is 59.5. The number of imidazole rings is 1. The highest BCUT2D eigenvalue weighted by Crippen LogP contribution is 2.56. The van der Waals surface area contributed by atoms with Crippen LogP contribution in [-0.4, -0.2) is 262 Å². The van der Waals surface area contributed by atoms with Crippen molar-refractivity contribution in [3.05, 3.63) is 267 Å². The number of hydrogen-bond donors (Lipinski definition) is 4. The molecule has 0 amide bonds. The number of fused-ring (bicyclic) bond motifs is 6. The van der Waals surface area contributed by atoms with E-state index in [9.17, 15) is 33.6 Å². The largest absolute Gasteiger partial charge is 0.469 e. The number of aliphatic imine (C=N–C) groups is 6. The van der Waals surface area contributed by atoms with Gasteiger partial charge in [0.15, 0.2) is 5.78 Å². The third-order valence-corrected chi connectivity index (χ3v) is 29.2. The lowest BCUT2D eigenvalue weighted by atomic mass is 9.96. The van der Waals surface area contributed by atoms with Crippen LogP contribution >= 0.6 is 71.4 Å². The second-order valence-corrected chi connectivity index (χ2v) is 42.7. The zero-order chi connectivity index (χ0) is 106. The Morgan fingerprint density at radius 1 is 0.510 bits per heavy atom. The summed E-state index contributed by atoms with van der Waals surface area (Å²) < 4.78 is 66.2. The minimum Gasteiger partial charge on any atom is -0.469 e. The van der Waals surface area contributed by atoms with Crippen LogP contribution in [0.5, 0.6) is 0 Å². The second-order valence-electron chi connectivity index (χ2n) is 36.8. The van der Waals surface area contributed by atoms with Gasteiger partial charge in [-0.3, -0.25) is 73.4 Å². The number of carbonyl (C=O) groups excluding carboxylic acids is 5. The lowest BCUT2D eigenvalue weighted by Crippen LogP contribution is -2.44. The number of Topliss-reactive ketones (excluding diaryl/α,β-unsaturated/α-hetero) is 1. The van der Waals surface area contributed by atoms with Gasteiger partial charge >= 0.3 is 31.5 Å². The maximum atomic E-state index is 14.8. The molecule has 5 N–H and O–H groups in total. The predicted molar refractivity (Wildman–Crippen MR) is 582 cm³/mol. The summed E-state index contributed by atoms with van der Waals surface area (Å²) in [6, 6.07) is 44.4. The number of methoxy groups -OCH3 is 4. The van der Waals surface area contributed by atoms with Gasteiger partial charge < -0.3 is 58.7 Å². The number of rotatable bonds is 30. The zero-order valence-corrected chi connectivity index (χ0v) is 92.7. The number of benzene rings is 4. The van der Waals surface area contributed by atoms with E-state index < -0.39 is 32.0 Å². The summed E-state index contributed by atoms with van der Waals surface area (Å²) in [5.74, 6) is 1.41. The van der Waals surface area contributed by atoms with E-state index in [0.29, 0.717) is 132 Å². The van der Waals surface area contributed by atoms with Crippen LogP contribution in [0.1, 0.15) is 208 Å². The predicted octanol–water partition coefficient (Wildman–Crippen LogP) is 19.2. The number of halogens is 4. The number of nitrogens with two attached hydrogens (primary N) is 1. The summed E-state index contributed by atoms with van der Waals surface area (Å²) in [5, 5.41) is 31.4. The number of pyridine rings is 4. The van der Waals surface area contributed by atoms with E-state index in [-0.39, 0.29) is 117 Å². The molecule has 4 aromatic carbocycles. The SMILES string of the molecule is CC(C)C(O)CN.CC(C)C(O)CN=[N+]=[N-].CC(C)C1CO1.COC(=O)CC[C@@H]1N=C(c2ccccn2)c2cc(Br)ccc2-n2c(C(C)C)cnc21.COC(=O)CC[C@@H]1N=C(c2ccccn2)c2cc(Br)ccc2CC1=O.COC(=O)CC[C@@H]1N=C(c2ccccn2)c2cc(Br)ccc2N=C1CCC(O)C(C)C.COC(=O)CC[C@@H]1N=C(c2ccccn2)c2cc(Br)ccc2N=C1OP(=O)(N1CCOCC1)N1CCOCC1. The standard InChI is InChI=1S/C26H31BrN5O6P.C24H28BrN3O3.C23H23BrN4O2.C19H17BrN2O3.C5H11N3O.C5H13NO.C5H10O/c1-35-24(33)8-7-23-26(38-39(34,31-10-14-36-15-11-31)32-12-16-37-17-13-32)30-21-6-5-19(27)18-20(21)25(29-23)22-4-2-3-9-28-22;1-15(2)22(29)11-9-19-20(10-12-23(30)31-3)28-24(21-6-4-5-13-26-21)17-14-16(25)7-8-18(17)27-19;1-14(2)20-13-26-23-18(8-10-21(29)30-3)27-22(17-6-4-5-11-25-17)16-12-15(24)7-9-19(16)28(20)23;1-25-18(24)8-7-15-17(23)10-12-5-6-13(20)11-14(12)19(22-15)16-4-2-3-9-21-16;1-4(2)5(9)3-7-8-6;1-4(2)5(7)3-6;1-4(2)5-3-6-5/h2-6,9,18,23H,7-8,10-17H2,1H3;4-8,13-15,20,22,29H,9-12H2,1-3H3;4-7,9,11-14,18H,8,10H2,1-3H3;2-6,9,11,15H,7-8,10H2,1H3;4-5,9H,3H2,1-2H3;4-5,7H,3,6H2,1-2H3;4-5H,3H2,1-2H3/t23-;20-,22?;18-;15-;;;/m0000.../s1. The number of azide groups is 1. The highest BCUT2D eigenvalue weighted by molar-refractivity contribution is 9.11. The average molecular weight is 2290 g/mol. The Morgan fingerprint density at radius 3 is 1.33 bits per heavy atom. The fraction of sp³-hybridized carbons (Fsp3) is 0.458. The molecule has 35 nitrogen and oxygen atoms in total. The van der Waals surface area contributed by atoms with Gasteiger partial charge in [-0.1, -0.05) is 168 Å². The highest BCUT2D eigenvalue weighted by Gasteiger charge is 2.45. The van der Waals surface area contributed by atoms with E-state index in [1.54, 1.807) is 24.8 Å². The monoisotopic (exact) mass is 2290 g/mol. The van der Waals surface area contributed by atoms with Crippen LogP contribution in [0.3, 0.4) is 0 Å². The molecule has 786 valence electrons. The van der Waals surface area contributed by atoms with E-state index in [4.69, 9.17) is 89.4 Å². The number of ketones is 1. The summed E-state index contributed by atoms with van der Waals surface area (Å²) in [6.45, 7) is 25.5. The van der Waals surface area contributed by atoms with Crippen LogP contribution in [0.4, 0.5) is 11.4 Å². The van der Waals surface area contributed by atoms with Crippen LogP contribution in [0, 0.1) is 23.7 Å². The first kappa shape index (κ1) is 118. The van der Waals surface area contributed by atoms with Crippen LogP contribution in [0.2, 0.25) is 0 Å². The first-order chi connectivity index (χ1) is 70.6. The topological polar surface area (TPSA) is 465 Å². The summed E-state index contributed by atoms with van der Waals surface area (Å²) in [6.07, 6.45) is 12.0. The smallest absolute Gasteiger partial charge is 0.397 e. The molecule has 7 aliphatic heterocycles. The Balaban J connectivity index is 0.000000189.